The third-order valence-electron chi connectivity index (χ3n) is 3.41. The minimum Gasteiger partial charge on any atom is -0.496 e. The maximum Gasteiger partial charge on any atom is 0.157 e. The van der Waals surface area contributed by atoms with E-state index in [9.17, 15) is 10.1 Å². The molecule has 3 heteroatoms. The number of aryl methyl sites for hydroxylation is 1. The van der Waals surface area contributed by atoms with Crippen LogP contribution in [0.1, 0.15) is 36.8 Å². The van der Waals surface area contributed by atoms with E-state index in [1.54, 1.807) is 7.11 Å². The highest BCUT2D eigenvalue weighted by atomic mass is 16.5. The lowest BCUT2D eigenvalue weighted by Gasteiger charge is -2.12. The summed E-state index contributed by atoms with van der Waals surface area (Å²) in [5, 5.41) is 9.21. The normalized spacial score (nSPS) is 15.8. The van der Waals surface area contributed by atoms with Crippen molar-refractivity contribution in [3.8, 4) is 11.8 Å². The first-order chi connectivity index (χ1) is 8.71. The van der Waals surface area contributed by atoms with Crippen LogP contribution in [-0.4, -0.2) is 12.9 Å². The molecule has 0 heterocycles. The average molecular weight is 243 g/mol. The van der Waals surface area contributed by atoms with Gasteiger partial charge in [-0.2, -0.15) is 5.26 Å². The van der Waals surface area contributed by atoms with Crippen molar-refractivity contribution in [1.29, 1.82) is 5.26 Å². The van der Waals surface area contributed by atoms with Crippen LogP contribution >= 0.6 is 0 Å². The van der Waals surface area contributed by atoms with Crippen molar-refractivity contribution in [3.05, 3.63) is 29.3 Å². The quantitative estimate of drug-likeness (QED) is 0.799. The first-order valence-electron chi connectivity index (χ1n) is 6.31. The Labute approximate surface area is 107 Å². The van der Waals surface area contributed by atoms with Crippen LogP contribution in [0.25, 0.3) is 0 Å². The summed E-state index contributed by atoms with van der Waals surface area (Å²) in [5.41, 5.74) is 1.84. The summed E-state index contributed by atoms with van der Waals surface area (Å²) in [5.74, 6) is 0.386. The van der Waals surface area contributed by atoms with Crippen molar-refractivity contribution < 1.29 is 9.53 Å². The van der Waals surface area contributed by atoms with Gasteiger partial charge in [0.05, 0.1) is 13.2 Å². The molecule has 1 aromatic rings. The molecule has 1 saturated carbocycles. The molecule has 94 valence electrons. The van der Waals surface area contributed by atoms with E-state index in [1.807, 2.05) is 25.1 Å². The lowest BCUT2D eigenvalue weighted by Crippen LogP contribution is -2.13. The van der Waals surface area contributed by atoms with Crippen LogP contribution in [0.15, 0.2) is 18.2 Å². The highest BCUT2D eigenvalue weighted by Crippen LogP contribution is 2.36. The number of nitrogens with zero attached hydrogens (tertiary/aromatic N) is 1. The van der Waals surface area contributed by atoms with Gasteiger partial charge < -0.3 is 4.74 Å². The van der Waals surface area contributed by atoms with Gasteiger partial charge in [0.2, 0.25) is 0 Å². The van der Waals surface area contributed by atoms with Gasteiger partial charge in [-0.05, 0) is 36.5 Å². The molecule has 1 aromatic carbocycles. The predicted octanol–water partition coefficient (Wildman–Crippen LogP) is 2.84. The zero-order chi connectivity index (χ0) is 13.1. The number of methoxy groups -OCH3 is 1. The summed E-state index contributed by atoms with van der Waals surface area (Å²) in [6.07, 6.45) is 2.70. The monoisotopic (exact) mass is 243 g/mol. The number of benzene rings is 1. The van der Waals surface area contributed by atoms with E-state index < -0.39 is 5.92 Å². The Morgan fingerprint density at radius 1 is 1.56 bits per heavy atom. The molecule has 18 heavy (non-hydrogen) atoms. The van der Waals surface area contributed by atoms with E-state index in [-0.39, 0.29) is 11.7 Å². The molecule has 0 saturated heterocycles. The lowest BCUT2D eigenvalue weighted by atomic mass is 9.91. The van der Waals surface area contributed by atoms with Crippen LogP contribution in [0, 0.1) is 17.2 Å². The van der Waals surface area contributed by atoms with Crippen LogP contribution in [0.2, 0.25) is 0 Å². The Bertz CT molecular complexity index is 498. The van der Waals surface area contributed by atoms with E-state index in [0.717, 1.165) is 36.1 Å². The van der Waals surface area contributed by atoms with Crippen molar-refractivity contribution in [1.82, 2.24) is 0 Å². The van der Waals surface area contributed by atoms with Gasteiger partial charge in [-0.15, -0.1) is 0 Å². The molecule has 2 rings (SSSR count). The molecule has 0 amide bonds. The predicted molar refractivity (Wildman–Crippen MR) is 68.5 cm³/mol. The van der Waals surface area contributed by atoms with E-state index >= 15 is 0 Å². The molecule has 0 aliphatic heterocycles. The fourth-order valence-corrected chi connectivity index (χ4v) is 2.16. The summed E-state index contributed by atoms with van der Waals surface area (Å²) < 4.78 is 5.26. The van der Waals surface area contributed by atoms with E-state index in [4.69, 9.17) is 4.74 Å². The van der Waals surface area contributed by atoms with Crippen LogP contribution in [0.3, 0.4) is 0 Å². The highest BCUT2D eigenvalue weighted by molar-refractivity contribution is 5.92. The summed E-state index contributed by atoms with van der Waals surface area (Å²) in [4.78, 5) is 12.0. The summed E-state index contributed by atoms with van der Waals surface area (Å²) in [6.45, 7) is 2.03. The van der Waals surface area contributed by atoms with Gasteiger partial charge in [0.25, 0.3) is 0 Å². The van der Waals surface area contributed by atoms with E-state index in [0.29, 0.717) is 0 Å². The van der Waals surface area contributed by atoms with Crippen molar-refractivity contribution in [2.24, 2.45) is 5.92 Å². The summed E-state index contributed by atoms with van der Waals surface area (Å²) in [6, 6.07) is 7.73. The van der Waals surface area contributed by atoms with Crippen LogP contribution in [0.5, 0.6) is 5.75 Å². The van der Waals surface area contributed by atoms with Gasteiger partial charge >= 0.3 is 0 Å². The number of carbonyl (C=O) groups excluding carboxylic acids is 1. The molecule has 0 radical (unpaired) electrons. The van der Waals surface area contributed by atoms with Crippen LogP contribution in [-0.2, 0) is 11.2 Å². The smallest absolute Gasteiger partial charge is 0.157 e. The number of rotatable bonds is 5. The topological polar surface area (TPSA) is 50.1 Å². The molecule has 1 fully saturated rings. The molecule has 1 aliphatic rings. The lowest BCUT2D eigenvalue weighted by molar-refractivity contribution is -0.120. The second-order valence-electron chi connectivity index (χ2n) is 4.66. The van der Waals surface area contributed by atoms with Gasteiger partial charge in [0.15, 0.2) is 5.78 Å². The number of carbonyl (C=O) groups is 1. The third-order valence-corrected chi connectivity index (χ3v) is 3.41. The second kappa shape index (κ2) is 5.22. The van der Waals surface area contributed by atoms with Crippen LogP contribution < -0.4 is 4.74 Å². The molecular weight excluding hydrogens is 226 g/mol. The Morgan fingerprint density at radius 2 is 2.28 bits per heavy atom. The van der Waals surface area contributed by atoms with Gasteiger partial charge in [-0.1, -0.05) is 19.1 Å². The zero-order valence-corrected chi connectivity index (χ0v) is 10.8. The largest absolute Gasteiger partial charge is 0.496 e. The number of nitriles is 1. The molecule has 0 N–H and O–H groups in total. The summed E-state index contributed by atoms with van der Waals surface area (Å²) in [7, 11) is 1.63. The fourth-order valence-electron chi connectivity index (χ4n) is 2.16. The Balaban J connectivity index is 2.31. The second-order valence-corrected chi connectivity index (χ2v) is 4.66. The number of ether oxygens (including phenoxy) is 1. The number of ketones is 1. The summed E-state index contributed by atoms with van der Waals surface area (Å²) >= 11 is 0. The molecule has 0 spiro atoms. The van der Waals surface area contributed by atoms with Gasteiger partial charge in [0.1, 0.15) is 11.7 Å². The minimum atomic E-state index is -0.617. The molecule has 3 nitrogen and oxygen atoms in total. The maximum absolute atomic E-state index is 12.0. The van der Waals surface area contributed by atoms with Crippen molar-refractivity contribution in [2.75, 3.05) is 7.11 Å². The zero-order valence-electron chi connectivity index (χ0n) is 10.8. The molecule has 0 bridgehead atoms. The number of hydrogen-bond donors (Lipinski definition) is 0. The van der Waals surface area contributed by atoms with Crippen molar-refractivity contribution >= 4 is 5.78 Å². The van der Waals surface area contributed by atoms with Gasteiger partial charge in [-0.25, -0.2) is 0 Å². The van der Waals surface area contributed by atoms with Crippen molar-refractivity contribution in [2.45, 2.75) is 32.1 Å². The van der Waals surface area contributed by atoms with Crippen LogP contribution in [0.4, 0.5) is 0 Å². The average Bonchev–Trinajstić information content (AvgIpc) is 3.23. The molecule has 1 atom stereocenters. The Kier molecular flexibility index (Phi) is 3.66. The molecular formula is C15H17NO2. The molecule has 0 aromatic heterocycles. The molecule has 1 aliphatic carbocycles. The van der Waals surface area contributed by atoms with E-state index in [2.05, 4.69) is 6.07 Å². The molecule has 1 unspecified atom stereocenters. The number of Topliss-reactive ketones (excluding diaryl/α,β-unsaturated/α-hetero) is 1. The maximum atomic E-state index is 12.0. The first kappa shape index (κ1) is 12.6. The first-order valence-corrected chi connectivity index (χ1v) is 6.31. The minimum absolute atomic E-state index is 0.0738. The standard InChI is InChI=1S/C15H17NO2/c1-3-10-8-12(6-7-14(10)18-2)13(9-16)15(17)11-4-5-11/h6-8,11,13H,3-5H2,1-2H3. The van der Waals surface area contributed by atoms with Crippen molar-refractivity contribution in [3.63, 3.8) is 0 Å². The van der Waals surface area contributed by atoms with Gasteiger partial charge in [-0.3, -0.25) is 4.79 Å². The number of hydrogen-bond acceptors (Lipinski definition) is 3. The third kappa shape index (κ3) is 2.38. The Hall–Kier alpha value is -1.82. The highest BCUT2D eigenvalue weighted by Gasteiger charge is 2.35. The SMILES string of the molecule is CCc1cc(C(C#N)C(=O)C2CC2)ccc1OC. The van der Waals surface area contributed by atoms with E-state index in [1.165, 1.54) is 0 Å². The van der Waals surface area contributed by atoms with Gasteiger partial charge in [0, 0.05) is 5.92 Å². The Morgan fingerprint density at radius 3 is 2.78 bits per heavy atom. The fraction of sp³-hybridized carbons (Fsp3) is 0.467.